The van der Waals surface area contributed by atoms with Gasteiger partial charge >= 0.3 is 0 Å². The molecule has 0 saturated heterocycles. The van der Waals surface area contributed by atoms with Crippen molar-refractivity contribution in [3.63, 3.8) is 0 Å². The van der Waals surface area contributed by atoms with Gasteiger partial charge in [-0.2, -0.15) is 0 Å². The Hall–Kier alpha value is -1.06. The summed E-state index contributed by atoms with van der Waals surface area (Å²) < 4.78 is 0. The van der Waals surface area contributed by atoms with Gasteiger partial charge in [0.15, 0.2) is 0 Å². The lowest BCUT2D eigenvalue weighted by Crippen LogP contribution is -2.34. The summed E-state index contributed by atoms with van der Waals surface area (Å²) in [4.78, 5) is 0. The van der Waals surface area contributed by atoms with Gasteiger partial charge in [0.05, 0.1) is 6.10 Å². The van der Waals surface area contributed by atoms with Gasteiger partial charge in [0.25, 0.3) is 0 Å². The van der Waals surface area contributed by atoms with E-state index in [4.69, 9.17) is 0 Å². The van der Waals surface area contributed by atoms with Crippen LogP contribution in [0.5, 0.6) is 5.75 Å². The number of benzene rings is 1. The van der Waals surface area contributed by atoms with E-state index in [1.165, 1.54) is 5.56 Å². The number of phenolic OH excluding ortho intramolecular Hbond substituents is 1. The zero-order chi connectivity index (χ0) is 13.7. The molecule has 3 nitrogen and oxygen atoms in total. The molecule has 1 aliphatic rings. The highest BCUT2D eigenvalue weighted by Crippen LogP contribution is 2.23. The number of aliphatic hydroxyl groups is 1. The zero-order valence-corrected chi connectivity index (χ0v) is 11.7. The lowest BCUT2D eigenvalue weighted by Gasteiger charge is -2.27. The van der Waals surface area contributed by atoms with Crippen molar-refractivity contribution in [2.24, 2.45) is 5.92 Å². The molecule has 1 aromatic rings. The molecule has 0 aromatic heterocycles. The Morgan fingerprint density at radius 3 is 2.42 bits per heavy atom. The largest absolute Gasteiger partial charge is 0.508 e. The SMILES string of the molecule is CC(Cc1ccc(O)cc1)NCC1CCC(O)CC1. The fraction of sp³-hybridized carbons (Fsp3) is 0.625. The van der Waals surface area contributed by atoms with Gasteiger partial charge in [-0.05, 0) is 69.2 Å². The molecule has 106 valence electrons. The maximum atomic E-state index is 9.48. The Balaban J connectivity index is 1.69. The minimum atomic E-state index is -0.0642. The second-order valence-electron chi connectivity index (χ2n) is 5.85. The zero-order valence-electron chi connectivity index (χ0n) is 11.7. The van der Waals surface area contributed by atoms with Gasteiger partial charge < -0.3 is 15.5 Å². The Kier molecular flexibility index (Phi) is 5.23. The smallest absolute Gasteiger partial charge is 0.115 e. The van der Waals surface area contributed by atoms with Gasteiger partial charge in [0.2, 0.25) is 0 Å². The molecule has 1 aliphatic carbocycles. The summed E-state index contributed by atoms with van der Waals surface area (Å²) in [6, 6.07) is 7.88. The molecule has 0 spiro atoms. The first-order valence-electron chi connectivity index (χ1n) is 7.33. The van der Waals surface area contributed by atoms with Crippen LogP contribution in [-0.2, 0) is 6.42 Å². The van der Waals surface area contributed by atoms with Crippen LogP contribution in [-0.4, -0.2) is 28.9 Å². The predicted molar refractivity (Wildman–Crippen MR) is 77.2 cm³/mol. The van der Waals surface area contributed by atoms with Gasteiger partial charge in [0.1, 0.15) is 5.75 Å². The van der Waals surface area contributed by atoms with Crippen molar-refractivity contribution in [3.05, 3.63) is 29.8 Å². The van der Waals surface area contributed by atoms with Crippen molar-refractivity contribution in [2.45, 2.75) is 51.2 Å². The Morgan fingerprint density at radius 2 is 1.79 bits per heavy atom. The fourth-order valence-corrected chi connectivity index (χ4v) is 2.77. The number of hydrogen-bond donors (Lipinski definition) is 3. The number of rotatable bonds is 5. The van der Waals surface area contributed by atoms with Crippen molar-refractivity contribution in [1.29, 1.82) is 0 Å². The van der Waals surface area contributed by atoms with E-state index in [1.807, 2.05) is 12.1 Å². The average molecular weight is 263 g/mol. The lowest BCUT2D eigenvalue weighted by molar-refractivity contribution is 0.108. The highest BCUT2D eigenvalue weighted by Gasteiger charge is 2.19. The van der Waals surface area contributed by atoms with E-state index in [0.29, 0.717) is 17.7 Å². The molecule has 0 aliphatic heterocycles. The molecule has 0 amide bonds. The van der Waals surface area contributed by atoms with E-state index in [0.717, 1.165) is 38.6 Å². The molecular weight excluding hydrogens is 238 g/mol. The lowest BCUT2D eigenvalue weighted by atomic mass is 9.87. The van der Waals surface area contributed by atoms with Crippen molar-refractivity contribution in [3.8, 4) is 5.75 Å². The quantitative estimate of drug-likeness (QED) is 0.765. The third kappa shape index (κ3) is 4.84. The minimum absolute atomic E-state index is 0.0642. The molecule has 2 rings (SSSR count). The standard InChI is InChI=1S/C16H25NO2/c1-12(10-13-2-6-15(18)7-3-13)17-11-14-4-8-16(19)9-5-14/h2-3,6-7,12,14,16-19H,4-5,8-11H2,1H3. The van der Waals surface area contributed by atoms with Crippen LogP contribution in [0.4, 0.5) is 0 Å². The van der Waals surface area contributed by atoms with E-state index in [1.54, 1.807) is 12.1 Å². The summed E-state index contributed by atoms with van der Waals surface area (Å²) in [6.45, 7) is 3.25. The van der Waals surface area contributed by atoms with Gasteiger partial charge in [-0.1, -0.05) is 12.1 Å². The summed E-state index contributed by atoms with van der Waals surface area (Å²) in [6.07, 6.45) is 5.11. The van der Waals surface area contributed by atoms with Crippen LogP contribution in [0.15, 0.2) is 24.3 Å². The van der Waals surface area contributed by atoms with E-state index < -0.39 is 0 Å². The number of hydrogen-bond acceptors (Lipinski definition) is 3. The molecule has 19 heavy (non-hydrogen) atoms. The summed E-state index contributed by atoms with van der Waals surface area (Å²) in [5.41, 5.74) is 1.25. The third-order valence-electron chi connectivity index (χ3n) is 4.05. The van der Waals surface area contributed by atoms with Crippen LogP contribution in [0.3, 0.4) is 0 Å². The Morgan fingerprint density at radius 1 is 1.16 bits per heavy atom. The van der Waals surface area contributed by atoms with Crippen LogP contribution in [0.1, 0.15) is 38.2 Å². The van der Waals surface area contributed by atoms with Crippen molar-refractivity contribution in [1.82, 2.24) is 5.32 Å². The first kappa shape index (κ1) is 14.4. The molecule has 0 radical (unpaired) electrons. The molecule has 0 bridgehead atoms. The molecule has 1 unspecified atom stereocenters. The van der Waals surface area contributed by atoms with Crippen LogP contribution in [0.25, 0.3) is 0 Å². The normalized spacial score (nSPS) is 25.2. The summed E-state index contributed by atoms with van der Waals surface area (Å²) in [5.74, 6) is 1.04. The fourth-order valence-electron chi connectivity index (χ4n) is 2.77. The van der Waals surface area contributed by atoms with Crippen molar-refractivity contribution >= 4 is 0 Å². The predicted octanol–water partition coefficient (Wildman–Crippen LogP) is 2.46. The van der Waals surface area contributed by atoms with Gasteiger partial charge in [-0.25, -0.2) is 0 Å². The Bertz CT molecular complexity index is 369. The van der Waals surface area contributed by atoms with Crippen LogP contribution >= 0.6 is 0 Å². The molecule has 1 saturated carbocycles. The molecule has 1 atom stereocenters. The molecule has 1 fully saturated rings. The number of aromatic hydroxyl groups is 1. The van der Waals surface area contributed by atoms with Gasteiger partial charge in [0, 0.05) is 6.04 Å². The monoisotopic (exact) mass is 263 g/mol. The van der Waals surface area contributed by atoms with E-state index in [2.05, 4.69) is 12.2 Å². The van der Waals surface area contributed by atoms with E-state index >= 15 is 0 Å². The van der Waals surface area contributed by atoms with Gasteiger partial charge in [-0.3, -0.25) is 0 Å². The first-order chi connectivity index (χ1) is 9.13. The second kappa shape index (κ2) is 6.92. The topological polar surface area (TPSA) is 52.5 Å². The summed E-state index contributed by atoms with van der Waals surface area (Å²) >= 11 is 0. The highest BCUT2D eigenvalue weighted by atomic mass is 16.3. The molecule has 0 heterocycles. The molecule has 3 heteroatoms. The molecule has 1 aromatic carbocycles. The average Bonchev–Trinajstić information content (AvgIpc) is 2.41. The van der Waals surface area contributed by atoms with Gasteiger partial charge in [-0.15, -0.1) is 0 Å². The van der Waals surface area contributed by atoms with E-state index in [-0.39, 0.29) is 6.10 Å². The van der Waals surface area contributed by atoms with Crippen molar-refractivity contribution < 1.29 is 10.2 Å². The van der Waals surface area contributed by atoms with Crippen LogP contribution in [0, 0.1) is 5.92 Å². The number of phenols is 1. The third-order valence-corrected chi connectivity index (χ3v) is 4.05. The molecular formula is C16H25NO2. The first-order valence-corrected chi connectivity index (χ1v) is 7.33. The summed E-state index contributed by atoms with van der Waals surface area (Å²) in [7, 11) is 0. The number of nitrogens with one attached hydrogen (secondary N) is 1. The maximum Gasteiger partial charge on any atom is 0.115 e. The number of aliphatic hydroxyl groups excluding tert-OH is 1. The second-order valence-corrected chi connectivity index (χ2v) is 5.85. The summed E-state index contributed by atoms with van der Waals surface area (Å²) in [5, 5.41) is 22.3. The maximum absolute atomic E-state index is 9.48. The minimum Gasteiger partial charge on any atom is -0.508 e. The molecule has 3 N–H and O–H groups in total. The van der Waals surface area contributed by atoms with Crippen molar-refractivity contribution in [2.75, 3.05) is 6.54 Å². The van der Waals surface area contributed by atoms with E-state index in [9.17, 15) is 10.2 Å². The van der Waals surface area contributed by atoms with Crippen LogP contribution < -0.4 is 5.32 Å². The highest BCUT2D eigenvalue weighted by molar-refractivity contribution is 5.26. The Labute approximate surface area is 115 Å². The van der Waals surface area contributed by atoms with Crippen LogP contribution in [0.2, 0.25) is 0 Å².